The van der Waals surface area contributed by atoms with Gasteiger partial charge in [-0.05, 0) is 25.3 Å². The molecular formula is C12H23NO. The Balaban J connectivity index is 1.78. The lowest BCUT2D eigenvalue weighted by Gasteiger charge is -2.25. The molecule has 2 heteroatoms. The van der Waals surface area contributed by atoms with Gasteiger partial charge in [0.15, 0.2) is 0 Å². The molecule has 0 bridgehead atoms. The van der Waals surface area contributed by atoms with Crippen LogP contribution in [0.4, 0.5) is 0 Å². The number of likely N-dealkylation sites (tertiary alicyclic amines) is 1. The summed E-state index contributed by atoms with van der Waals surface area (Å²) in [6.45, 7) is 2.00. The van der Waals surface area contributed by atoms with E-state index in [1.54, 1.807) is 0 Å². The van der Waals surface area contributed by atoms with Crippen LogP contribution in [0.15, 0.2) is 0 Å². The smallest absolute Gasteiger partial charge is 0.0707 e. The molecule has 14 heavy (non-hydrogen) atoms. The van der Waals surface area contributed by atoms with Crippen molar-refractivity contribution in [2.45, 2.75) is 44.6 Å². The summed E-state index contributed by atoms with van der Waals surface area (Å²) in [6, 6.07) is 0. The van der Waals surface area contributed by atoms with E-state index in [4.69, 9.17) is 0 Å². The van der Waals surface area contributed by atoms with E-state index < -0.39 is 0 Å². The molecule has 1 heterocycles. The molecule has 0 aromatic heterocycles. The van der Waals surface area contributed by atoms with Gasteiger partial charge in [0, 0.05) is 13.1 Å². The van der Waals surface area contributed by atoms with Crippen LogP contribution in [0.25, 0.3) is 0 Å². The highest BCUT2D eigenvalue weighted by atomic mass is 16.3. The van der Waals surface area contributed by atoms with E-state index in [1.165, 1.54) is 38.5 Å². The summed E-state index contributed by atoms with van der Waals surface area (Å²) in [7, 11) is 2.12. The fourth-order valence-corrected chi connectivity index (χ4v) is 3.15. The molecular weight excluding hydrogens is 174 g/mol. The number of aliphatic hydroxyl groups excluding tert-OH is 1. The van der Waals surface area contributed by atoms with Gasteiger partial charge in [0.05, 0.1) is 6.10 Å². The van der Waals surface area contributed by atoms with Crippen LogP contribution in [-0.4, -0.2) is 36.2 Å². The predicted octanol–water partition coefficient (Wildman–Crippen LogP) is 1.88. The molecule has 1 saturated heterocycles. The molecule has 0 aromatic carbocycles. The third-order valence-corrected chi connectivity index (χ3v) is 3.95. The first-order valence-electron chi connectivity index (χ1n) is 6.12. The molecule has 0 spiro atoms. The SMILES string of the molecule is CN1C[C@H](CC2CCCCC2)[C@@H](O)C1. The summed E-state index contributed by atoms with van der Waals surface area (Å²) in [5.74, 6) is 1.47. The van der Waals surface area contributed by atoms with Crippen molar-refractivity contribution in [2.75, 3.05) is 20.1 Å². The highest BCUT2D eigenvalue weighted by Crippen LogP contribution is 2.32. The third-order valence-electron chi connectivity index (χ3n) is 3.95. The number of aliphatic hydroxyl groups is 1. The van der Waals surface area contributed by atoms with Crippen molar-refractivity contribution in [3.8, 4) is 0 Å². The molecule has 2 aliphatic rings. The predicted molar refractivity (Wildman–Crippen MR) is 58.2 cm³/mol. The maximum atomic E-state index is 9.85. The summed E-state index contributed by atoms with van der Waals surface area (Å²) in [6.07, 6.45) is 8.31. The topological polar surface area (TPSA) is 23.5 Å². The summed E-state index contributed by atoms with van der Waals surface area (Å²) in [4.78, 5) is 2.26. The van der Waals surface area contributed by atoms with Gasteiger partial charge < -0.3 is 10.0 Å². The van der Waals surface area contributed by atoms with E-state index in [9.17, 15) is 5.11 Å². The second-order valence-electron chi connectivity index (χ2n) is 5.29. The van der Waals surface area contributed by atoms with E-state index in [-0.39, 0.29) is 6.10 Å². The molecule has 0 radical (unpaired) electrons. The first kappa shape index (κ1) is 10.4. The molecule has 0 amide bonds. The minimum atomic E-state index is -0.0538. The van der Waals surface area contributed by atoms with E-state index in [1.807, 2.05) is 0 Å². The molecule has 1 saturated carbocycles. The van der Waals surface area contributed by atoms with Crippen molar-refractivity contribution in [3.05, 3.63) is 0 Å². The van der Waals surface area contributed by atoms with Gasteiger partial charge in [0.1, 0.15) is 0 Å². The van der Waals surface area contributed by atoms with Crippen LogP contribution in [0, 0.1) is 11.8 Å². The summed E-state index contributed by atoms with van der Waals surface area (Å²) < 4.78 is 0. The maximum absolute atomic E-state index is 9.85. The van der Waals surface area contributed by atoms with Crippen LogP contribution >= 0.6 is 0 Å². The van der Waals surface area contributed by atoms with Crippen LogP contribution in [0.1, 0.15) is 38.5 Å². The molecule has 2 fully saturated rings. The van der Waals surface area contributed by atoms with Crippen molar-refractivity contribution in [1.29, 1.82) is 0 Å². The fraction of sp³-hybridized carbons (Fsp3) is 1.00. The Morgan fingerprint density at radius 2 is 1.86 bits per heavy atom. The van der Waals surface area contributed by atoms with Crippen molar-refractivity contribution in [3.63, 3.8) is 0 Å². The number of hydrogen-bond donors (Lipinski definition) is 1. The highest BCUT2D eigenvalue weighted by molar-refractivity contribution is 4.84. The van der Waals surface area contributed by atoms with Gasteiger partial charge in [0.25, 0.3) is 0 Å². The summed E-state index contributed by atoms with van der Waals surface area (Å²) in [5.41, 5.74) is 0. The maximum Gasteiger partial charge on any atom is 0.0707 e. The van der Waals surface area contributed by atoms with E-state index in [0.717, 1.165) is 19.0 Å². The average Bonchev–Trinajstić information content (AvgIpc) is 2.47. The quantitative estimate of drug-likeness (QED) is 0.730. The van der Waals surface area contributed by atoms with Crippen LogP contribution < -0.4 is 0 Å². The third kappa shape index (κ3) is 2.48. The van der Waals surface area contributed by atoms with Crippen LogP contribution in [-0.2, 0) is 0 Å². The zero-order chi connectivity index (χ0) is 9.97. The lowest BCUT2D eigenvalue weighted by Crippen LogP contribution is -2.22. The molecule has 2 rings (SSSR count). The standard InChI is InChI=1S/C12H23NO/c1-13-8-11(12(14)9-13)7-10-5-3-2-4-6-10/h10-12,14H,2-9H2,1H3/t11-,12-/m0/s1. The van der Waals surface area contributed by atoms with Crippen molar-refractivity contribution in [2.24, 2.45) is 11.8 Å². The van der Waals surface area contributed by atoms with Gasteiger partial charge in [-0.15, -0.1) is 0 Å². The molecule has 2 nitrogen and oxygen atoms in total. The van der Waals surface area contributed by atoms with Gasteiger partial charge >= 0.3 is 0 Å². The Labute approximate surface area is 87.3 Å². The monoisotopic (exact) mass is 197 g/mol. The average molecular weight is 197 g/mol. The molecule has 1 aliphatic heterocycles. The lowest BCUT2D eigenvalue weighted by molar-refractivity contribution is 0.124. The van der Waals surface area contributed by atoms with Crippen LogP contribution in [0.3, 0.4) is 0 Å². The first-order chi connectivity index (χ1) is 6.75. The molecule has 82 valence electrons. The molecule has 0 unspecified atom stereocenters. The number of rotatable bonds is 2. The van der Waals surface area contributed by atoms with E-state index in [2.05, 4.69) is 11.9 Å². The van der Waals surface area contributed by atoms with Gasteiger partial charge in [-0.3, -0.25) is 0 Å². The second-order valence-corrected chi connectivity index (χ2v) is 5.29. The van der Waals surface area contributed by atoms with E-state index in [0.29, 0.717) is 5.92 Å². The van der Waals surface area contributed by atoms with Gasteiger partial charge in [-0.1, -0.05) is 32.1 Å². The summed E-state index contributed by atoms with van der Waals surface area (Å²) >= 11 is 0. The molecule has 0 aromatic rings. The number of likely N-dealkylation sites (N-methyl/N-ethyl adjacent to an activating group) is 1. The second kappa shape index (κ2) is 4.63. The normalized spacial score (nSPS) is 36.4. The Kier molecular flexibility index (Phi) is 3.45. The van der Waals surface area contributed by atoms with Crippen molar-refractivity contribution < 1.29 is 5.11 Å². The minimum absolute atomic E-state index is 0.0538. The van der Waals surface area contributed by atoms with E-state index >= 15 is 0 Å². The first-order valence-corrected chi connectivity index (χ1v) is 6.12. The molecule has 1 N–H and O–H groups in total. The summed E-state index contributed by atoms with van der Waals surface area (Å²) in [5, 5.41) is 9.85. The largest absolute Gasteiger partial charge is 0.391 e. The van der Waals surface area contributed by atoms with Gasteiger partial charge in [-0.25, -0.2) is 0 Å². The van der Waals surface area contributed by atoms with Crippen molar-refractivity contribution >= 4 is 0 Å². The molecule has 2 atom stereocenters. The fourth-order valence-electron chi connectivity index (χ4n) is 3.15. The minimum Gasteiger partial charge on any atom is -0.391 e. The Hall–Kier alpha value is -0.0800. The number of hydrogen-bond acceptors (Lipinski definition) is 2. The van der Waals surface area contributed by atoms with Crippen molar-refractivity contribution in [1.82, 2.24) is 4.90 Å². The zero-order valence-electron chi connectivity index (χ0n) is 9.28. The van der Waals surface area contributed by atoms with Gasteiger partial charge in [0.2, 0.25) is 0 Å². The highest BCUT2D eigenvalue weighted by Gasteiger charge is 2.31. The van der Waals surface area contributed by atoms with Gasteiger partial charge in [-0.2, -0.15) is 0 Å². The number of β-amino-alcohol motifs (C(OH)–C–C–N with tert-alkyl or cyclic N) is 1. The Morgan fingerprint density at radius 3 is 2.43 bits per heavy atom. The Morgan fingerprint density at radius 1 is 1.14 bits per heavy atom. The number of nitrogens with zero attached hydrogens (tertiary/aromatic N) is 1. The lowest BCUT2D eigenvalue weighted by atomic mass is 9.82. The van der Waals surface area contributed by atoms with Crippen LogP contribution in [0.5, 0.6) is 0 Å². The molecule has 1 aliphatic carbocycles. The Bertz CT molecular complexity index is 177. The zero-order valence-corrected chi connectivity index (χ0v) is 9.28. The van der Waals surface area contributed by atoms with Crippen LogP contribution in [0.2, 0.25) is 0 Å².